The van der Waals surface area contributed by atoms with Crippen LogP contribution in [0.3, 0.4) is 0 Å². The predicted molar refractivity (Wildman–Crippen MR) is 54.1 cm³/mol. The van der Waals surface area contributed by atoms with Crippen LogP contribution in [0.5, 0.6) is 0 Å². The third-order valence-corrected chi connectivity index (χ3v) is 1.94. The van der Waals surface area contributed by atoms with Crippen LogP contribution in [-0.2, 0) is 6.54 Å². The van der Waals surface area contributed by atoms with Gasteiger partial charge in [0.2, 0.25) is 0 Å². The Labute approximate surface area is 82.6 Å². The number of hydrogen-bond donors (Lipinski definition) is 1. The van der Waals surface area contributed by atoms with E-state index in [1.165, 1.54) is 0 Å². The number of imidazole rings is 1. The highest BCUT2D eigenvalue weighted by Crippen LogP contribution is 2.05. The second kappa shape index (κ2) is 4.02. The van der Waals surface area contributed by atoms with Crippen molar-refractivity contribution >= 4 is 0 Å². The molecule has 0 spiro atoms. The predicted octanol–water partition coefficient (Wildman–Crippen LogP) is 0.987. The van der Waals surface area contributed by atoms with E-state index in [2.05, 4.69) is 15.3 Å². The van der Waals surface area contributed by atoms with E-state index in [0.29, 0.717) is 0 Å². The highest BCUT2D eigenvalue weighted by atomic mass is 15.1. The van der Waals surface area contributed by atoms with Crippen LogP contribution in [0.15, 0.2) is 37.1 Å². The summed E-state index contributed by atoms with van der Waals surface area (Å²) >= 11 is 0. The fourth-order valence-electron chi connectivity index (χ4n) is 1.28. The molecule has 2 aromatic rings. The molecule has 2 heterocycles. The molecular formula is C10H12N4. The Morgan fingerprint density at radius 1 is 1.50 bits per heavy atom. The van der Waals surface area contributed by atoms with E-state index in [4.69, 9.17) is 0 Å². The van der Waals surface area contributed by atoms with Crippen molar-refractivity contribution in [2.75, 3.05) is 7.05 Å². The van der Waals surface area contributed by atoms with Gasteiger partial charge >= 0.3 is 0 Å². The molecule has 4 heteroatoms. The molecule has 72 valence electrons. The monoisotopic (exact) mass is 188 g/mol. The molecule has 2 rings (SSSR count). The SMILES string of the molecule is CNCc1cn(-c2cccnc2)cn1. The molecule has 2 aromatic heterocycles. The number of nitrogens with zero attached hydrogens (tertiary/aromatic N) is 3. The fraction of sp³-hybridized carbons (Fsp3) is 0.200. The van der Waals surface area contributed by atoms with E-state index in [1.807, 2.05) is 36.1 Å². The molecule has 14 heavy (non-hydrogen) atoms. The fourth-order valence-corrected chi connectivity index (χ4v) is 1.28. The lowest BCUT2D eigenvalue weighted by atomic mass is 10.4. The minimum Gasteiger partial charge on any atom is -0.314 e. The molecule has 4 nitrogen and oxygen atoms in total. The molecule has 1 N–H and O–H groups in total. The van der Waals surface area contributed by atoms with Crippen LogP contribution < -0.4 is 5.32 Å². The Hall–Kier alpha value is -1.68. The van der Waals surface area contributed by atoms with Crippen molar-refractivity contribution in [3.63, 3.8) is 0 Å². The van der Waals surface area contributed by atoms with Crippen molar-refractivity contribution in [3.8, 4) is 5.69 Å². The van der Waals surface area contributed by atoms with Crippen molar-refractivity contribution in [3.05, 3.63) is 42.7 Å². The molecule has 0 saturated heterocycles. The maximum absolute atomic E-state index is 4.25. The molecule has 0 aliphatic rings. The summed E-state index contributed by atoms with van der Waals surface area (Å²) < 4.78 is 1.96. The van der Waals surface area contributed by atoms with E-state index in [1.54, 1.807) is 12.5 Å². The molecule has 0 aromatic carbocycles. The maximum atomic E-state index is 4.25. The summed E-state index contributed by atoms with van der Waals surface area (Å²) in [4.78, 5) is 8.31. The lowest BCUT2D eigenvalue weighted by Gasteiger charge is -1.98. The molecule has 0 aliphatic carbocycles. The highest BCUT2D eigenvalue weighted by Gasteiger charge is 1.98. The number of nitrogens with one attached hydrogen (secondary N) is 1. The van der Waals surface area contributed by atoms with Crippen LogP contribution in [0.25, 0.3) is 5.69 Å². The van der Waals surface area contributed by atoms with Crippen LogP contribution >= 0.6 is 0 Å². The van der Waals surface area contributed by atoms with Gasteiger partial charge in [0.15, 0.2) is 0 Å². The zero-order valence-corrected chi connectivity index (χ0v) is 8.01. The molecule has 0 unspecified atom stereocenters. The molecule has 0 aliphatic heterocycles. The summed E-state index contributed by atoms with van der Waals surface area (Å²) in [7, 11) is 1.91. The summed E-state index contributed by atoms with van der Waals surface area (Å²) in [5.41, 5.74) is 2.05. The number of rotatable bonds is 3. The third-order valence-electron chi connectivity index (χ3n) is 1.94. The van der Waals surface area contributed by atoms with Gasteiger partial charge in [0, 0.05) is 18.9 Å². The van der Waals surface area contributed by atoms with Gasteiger partial charge in [-0.1, -0.05) is 0 Å². The van der Waals surface area contributed by atoms with Crippen LogP contribution in [0.1, 0.15) is 5.69 Å². The summed E-state index contributed by atoms with van der Waals surface area (Å²) in [5, 5.41) is 3.06. The summed E-state index contributed by atoms with van der Waals surface area (Å²) in [6.45, 7) is 0.785. The molecular weight excluding hydrogens is 176 g/mol. The lowest BCUT2D eigenvalue weighted by Crippen LogP contribution is -2.04. The van der Waals surface area contributed by atoms with Gasteiger partial charge in [-0.25, -0.2) is 4.98 Å². The second-order valence-electron chi connectivity index (χ2n) is 3.01. The number of aromatic nitrogens is 3. The first-order valence-electron chi connectivity index (χ1n) is 4.48. The van der Waals surface area contributed by atoms with Crippen LogP contribution in [0.4, 0.5) is 0 Å². The first-order valence-corrected chi connectivity index (χ1v) is 4.48. The topological polar surface area (TPSA) is 42.7 Å². The lowest BCUT2D eigenvalue weighted by molar-refractivity contribution is 0.796. The van der Waals surface area contributed by atoms with Gasteiger partial charge in [0.25, 0.3) is 0 Å². The molecule has 0 atom stereocenters. The summed E-state index contributed by atoms with van der Waals surface area (Å²) in [5.74, 6) is 0. The van der Waals surface area contributed by atoms with Gasteiger partial charge in [-0.05, 0) is 19.2 Å². The van der Waals surface area contributed by atoms with Gasteiger partial charge in [-0.2, -0.15) is 0 Å². The smallest absolute Gasteiger partial charge is 0.0996 e. The van der Waals surface area contributed by atoms with Gasteiger partial charge in [0.05, 0.1) is 23.9 Å². The van der Waals surface area contributed by atoms with Crippen molar-refractivity contribution in [1.82, 2.24) is 19.9 Å². The summed E-state index contributed by atoms with van der Waals surface area (Å²) in [6, 6.07) is 3.91. The van der Waals surface area contributed by atoms with E-state index >= 15 is 0 Å². The average Bonchev–Trinajstić information content (AvgIpc) is 2.68. The normalized spacial score (nSPS) is 10.4. The molecule has 0 fully saturated rings. The molecule has 0 saturated carbocycles. The number of hydrogen-bond acceptors (Lipinski definition) is 3. The quantitative estimate of drug-likeness (QED) is 0.781. The standard InChI is InChI=1S/C10H12N4/c1-11-5-9-7-14(8-13-9)10-3-2-4-12-6-10/h2-4,6-8,11H,5H2,1H3. The average molecular weight is 188 g/mol. The third kappa shape index (κ3) is 1.80. The second-order valence-corrected chi connectivity index (χ2v) is 3.01. The Bertz CT molecular complexity index is 394. The van der Waals surface area contributed by atoms with Crippen molar-refractivity contribution < 1.29 is 0 Å². The van der Waals surface area contributed by atoms with Crippen molar-refractivity contribution in [1.29, 1.82) is 0 Å². The van der Waals surface area contributed by atoms with Gasteiger partial charge in [-0.3, -0.25) is 4.98 Å². The van der Waals surface area contributed by atoms with Crippen molar-refractivity contribution in [2.24, 2.45) is 0 Å². The minimum atomic E-state index is 0.785. The largest absolute Gasteiger partial charge is 0.314 e. The van der Waals surface area contributed by atoms with Crippen LogP contribution in [0.2, 0.25) is 0 Å². The zero-order valence-electron chi connectivity index (χ0n) is 8.01. The van der Waals surface area contributed by atoms with E-state index in [0.717, 1.165) is 17.9 Å². The van der Waals surface area contributed by atoms with E-state index in [9.17, 15) is 0 Å². The minimum absolute atomic E-state index is 0.785. The Kier molecular flexibility index (Phi) is 2.55. The van der Waals surface area contributed by atoms with E-state index in [-0.39, 0.29) is 0 Å². The molecule has 0 bridgehead atoms. The first-order chi connectivity index (χ1) is 6.90. The van der Waals surface area contributed by atoms with Gasteiger partial charge in [-0.15, -0.1) is 0 Å². The number of pyridine rings is 1. The Morgan fingerprint density at radius 2 is 2.43 bits per heavy atom. The van der Waals surface area contributed by atoms with Gasteiger partial charge < -0.3 is 9.88 Å². The van der Waals surface area contributed by atoms with Gasteiger partial charge in [0.1, 0.15) is 0 Å². The molecule has 0 radical (unpaired) electrons. The summed E-state index contributed by atoms with van der Waals surface area (Å²) in [6.07, 6.45) is 7.36. The Morgan fingerprint density at radius 3 is 3.14 bits per heavy atom. The molecule has 0 amide bonds. The zero-order chi connectivity index (χ0) is 9.80. The van der Waals surface area contributed by atoms with E-state index < -0.39 is 0 Å². The Balaban J connectivity index is 2.25. The van der Waals surface area contributed by atoms with Crippen molar-refractivity contribution in [2.45, 2.75) is 6.54 Å². The van der Waals surface area contributed by atoms with Crippen LogP contribution in [-0.4, -0.2) is 21.6 Å². The highest BCUT2D eigenvalue weighted by molar-refractivity contribution is 5.28. The van der Waals surface area contributed by atoms with Crippen LogP contribution in [0, 0.1) is 0 Å². The first kappa shape index (κ1) is 8.90. The maximum Gasteiger partial charge on any atom is 0.0996 e.